The van der Waals surface area contributed by atoms with Crippen molar-refractivity contribution in [3.8, 4) is 5.75 Å². The van der Waals surface area contributed by atoms with Crippen molar-refractivity contribution in [2.75, 3.05) is 13.1 Å². The number of piperidine rings is 1. The van der Waals surface area contributed by atoms with E-state index in [9.17, 15) is 5.11 Å². The minimum absolute atomic E-state index is 0.369. The van der Waals surface area contributed by atoms with E-state index < -0.39 is 0 Å². The molecule has 0 aromatic heterocycles. The molecule has 2 aliphatic rings. The van der Waals surface area contributed by atoms with Crippen LogP contribution < -0.4 is 5.32 Å². The number of halogens is 1. The van der Waals surface area contributed by atoms with Gasteiger partial charge >= 0.3 is 0 Å². The molecule has 4 heteroatoms. The van der Waals surface area contributed by atoms with Gasteiger partial charge < -0.3 is 15.3 Å². The first-order valence-electron chi connectivity index (χ1n) is 7.18. The molecule has 2 heterocycles. The molecule has 0 spiro atoms. The summed E-state index contributed by atoms with van der Waals surface area (Å²) >= 11 is 3.36. The van der Waals surface area contributed by atoms with Crippen molar-refractivity contribution < 1.29 is 5.11 Å². The lowest BCUT2D eigenvalue weighted by atomic mass is 9.97. The van der Waals surface area contributed by atoms with Crippen LogP contribution in [0.4, 0.5) is 0 Å². The number of para-hydroxylation sites is 1. The van der Waals surface area contributed by atoms with Crippen LogP contribution in [0.2, 0.25) is 0 Å². The molecule has 0 amide bonds. The molecule has 3 rings (SSSR count). The molecular weight excluding hydrogens is 304 g/mol. The fourth-order valence-electron chi connectivity index (χ4n) is 3.37. The third-order valence-electron chi connectivity index (χ3n) is 4.47. The summed E-state index contributed by atoms with van der Waals surface area (Å²) < 4.78 is 0.775. The standard InChI is InChI=1S/C15H21BrN2O/c16-14-5-1-3-11(15(14)19)10-17-12-6-8-18-7-2-4-13(18)9-12/h1,3,5,12-13,17,19H,2,4,6-10H2. The molecule has 0 radical (unpaired) electrons. The van der Waals surface area contributed by atoms with E-state index in [0.717, 1.165) is 22.6 Å². The molecule has 2 N–H and O–H groups in total. The third-order valence-corrected chi connectivity index (χ3v) is 5.11. The molecule has 0 saturated carbocycles. The van der Waals surface area contributed by atoms with Crippen LogP contribution >= 0.6 is 15.9 Å². The summed E-state index contributed by atoms with van der Waals surface area (Å²) in [6.45, 7) is 3.28. The van der Waals surface area contributed by atoms with Gasteiger partial charge in [0.05, 0.1) is 4.47 Å². The minimum atomic E-state index is 0.369. The van der Waals surface area contributed by atoms with E-state index in [1.165, 1.54) is 38.8 Å². The van der Waals surface area contributed by atoms with Crippen molar-refractivity contribution in [1.82, 2.24) is 10.2 Å². The summed E-state index contributed by atoms with van der Waals surface area (Å²) in [4.78, 5) is 2.63. The van der Waals surface area contributed by atoms with Crippen molar-refractivity contribution >= 4 is 15.9 Å². The predicted octanol–water partition coefficient (Wildman–Crippen LogP) is 2.87. The van der Waals surface area contributed by atoms with Gasteiger partial charge in [-0.2, -0.15) is 0 Å². The molecule has 104 valence electrons. The number of rotatable bonds is 3. The van der Waals surface area contributed by atoms with Crippen molar-refractivity contribution in [3.05, 3.63) is 28.2 Å². The predicted molar refractivity (Wildman–Crippen MR) is 80.3 cm³/mol. The fraction of sp³-hybridized carbons (Fsp3) is 0.600. The Balaban J connectivity index is 1.56. The van der Waals surface area contributed by atoms with Crippen LogP contribution in [0, 0.1) is 0 Å². The molecule has 2 atom stereocenters. The lowest BCUT2D eigenvalue weighted by Crippen LogP contribution is -2.45. The van der Waals surface area contributed by atoms with E-state index in [1.54, 1.807) is 0 Å². The van der Waals surface area contributed by atoms with Gasteiger partial charge in [0.1, 0.15) is 5.75 Å². The van der Waals surface area contributed by atoms with Crippen LogP contribution in [0.15, 0.2) is 22.7 Å². The Morgan fingerprint density at radius 1 is 1.32 bits per heavy atom. The number of aromatic hydroxyl groups is 1. The Kier molecular flexibility index (Phi) is 4.10. The Morgan fingerprint density at radius 2 is 2.21 bits per heavy atom. The Morgan fingerprint density at radius 3 is 3.11 bits per heavy atom. The number of nitrogens with one attached hydrogen (secondary N) is 1. The summed E-state index contributed by atoms with van der Waals surface area (Å²) in [5, 5.41) is 13.6. The number of phenols is 1. The number of hydrogen-bond acceptors (Lipinski definition) is 3. The average Bonchev–Trinajstić information content (AvgIpc) is 2.88. The number of benzene rings is 1. The van der Waals surface area contributed by atoms with E-state index in [2.05, 4.69) is 26.1 Å². The normalized spacial score (nSPS) is 27.4. The highest BCUT2D eigenvalue weighted by atomic mass is 79.9. The van der Waals surface area contributed by atoms with E-state index >= 15 is 0 Å². The van der Waals surface area contributed by atoms with Crippen molar-refractivity contribution in [1.29, 1.82) is 0 Å². The molecule has 2 aliphatic heterocycles. The maximum atomic E-state index is 9.98. The van der Waals surface area contributed by atoms with Crippen molar-refractivity contribution in [3.63, 3.8) is 0 Å². The van der Waals surface area contributed by atoms with Crippen LogP contribution in [-0.4, -0.2) is 35.2 Å². The second-order valence-electron chi connectivity index (χ2n) is 5.68. The van der Waals surface area contributed by atoms with Crippen molar-refractivity contribution in [2.24, 2.45) is 0 Å². The molecule has 2 fully saturated rings. The molecule has 2 saturated heterocycles. The Labute approximate surface area is 123 Å². The highest BCUT2D eigenvalue weighted by Gasteiger charge is 2.31. The van der Waals surface area contributed by atoms with Gasteiger partial charge in [0.15, 0.2) is 0 Å². The second-order valence-corrected chi connectivity index (χ2v) is 6.54. The summed E-state index contributed by atoms with van der Waals surface area (Å²) in [5.74, 6) is 0.369. The van der Waals surface area contributed by atoms with Crippen LogP contribution in [-0.2, 0) is 6.54 Å². The van der Waals surface area contributed by atoms with Gasteiger partial charge in [-0.3, -0.25) is 0 Å². The van der Waals surface area contributed by atoms with Gasteiger partial charge in [0, 0.05) is 24.2 Å². The topological polar surface area (TPSA) is 35.5 Å². The smallest absolute Gasteiger partial charge is 0.134 e. The zero-order valence-electron chi connectivity index (χ0n) is 11.1. The lowest BCUT2D eigenvalue weighted by molar-refractivity contribution is 0.166. The van der Waals surface area contributed by atoms with Crippen LogP contribution in [0.25, 0.3) is 0 Å². The SMILES string of the molecule is Oc1c(Br)cccc1CNC1CCN2CCCC2C1. The van der Waals surface area contributed by atoms with Gasteiger partial charge in [-0.15, -0.1) is 0 Å². The van der Waals surface area contributed by atoms with E-state index in [4.69, 9.17) is 0 Å². The quantitative estimate of drug-likeness (QED) is 0.897. The highest BCUT2D eigenvalue weighted by Crippen LogP contribution is 2.29. The number of nitrogens with zero attached hydrogens (tertiary/aromatic N) is 1. The van der Waals surface area contributed by atoms with Gasteiger partial charge in [0.2, 0.25) is 0 Å². The summed E-state index contributed by atoms with van der Waals surface area (Å²) in [6.07, 6.45) is 5.21. The molecular formula is C15H21BrN2O. The average molecular weight is 325 g/mol. The van der Waals surface area contributed by atoms with Gasteiger partial charge in [0.25, 0.3) is 0 Å². The molecule has 1 aromatic rings. The van der Waals surface area contributed by atoms with Crippen molar-refractivity contribution in [2.45, 2.75) is 44.3 Å². The lowest BCUT2D eigenvalue weighted by Gasteiger charge is -2.35. The first-order chi connectivity index (χ1) is 9.24. The zero-order chi connectivity index (χ0) is 13.2. The highest BCUT2D eigenvalue weighted by molar-refractivity contribution is 9.10. The molecule has 0 bridgehead atoms. The summed E-state index contributed by atoms with van der Waals surface area (Å²) in [6, 6.07) is 7.22. The third kappa shape index (κ3) is 2.96. The Bertz CT molecular complexity index is 452. The maximum Gasteiger partial charge on any atom is 0.134 e. The maximum absolute atomic E-state index is 9.98. The number of hydrogen-bond donors (Lipinski definition) is 2. The van der Waals surface area contributed by atoms with Crippen LogP contribution in [0.5, 0.6) is 5.75 Å². The largest absolute Gasteiger partial charge is 0.506 e. The Hall–Kier alpha value is -0.580. The van der Waals surface area contributed by atoms with E-state index in [0.29, 0.717) is 11.8 Å². The zero-order valence-corrected chi connectivity index (χ0v) is 12.7. The molecule has 3 nitrogen and oxygen atoms in total. The minimum Gasteiger partial charge on any atom is -0.506 e. The first-order valence-corrected chi connectivity index (χ1v) is 7.97. The van der Waals surface area contributed by atoms with E-state index in [1.807, 2.05) is 18.2 Å². The second kappa shape index (κ2) is 5.81. The molecule has 0 aliphatic carbocycles. The van der Waals surface area contributed by atoms with Crippen LogP contribution in [0.1, 0.15) is 31.2 Å². The summed E-state index contributed by atoms with van der Waals surface area (Å²) in [7, 11) is 0. The molecule has 2 unspecified atom stereocenters. The number of phenolic OH excluding ortho intramolecular Hbond substituents is 1. The first kappa shape index (κ1) is 13.4. The van der Waals surface area contributed by atoms with E-state index in [-0.39, 0.29) is 0 Å². The van der Waals surface area contributed by atoms with Crippen LogP contribution in [0.3, 0.4) is 0 Å². The fourth-order valence-corrected chi connectivity index (χ4v) is 3.77. The molecule has 1 aromatic carbocycles. The van der Waals surface area contributed by atoms with Gasteiger partial charge in [-0.25, -0.2) is 0 Å². The number of fused-ring (bicyclic) bond motifs is 1. The van der Waals surface area contributed by atoms with Gasteiger partial charge in [-0.1, -0.05) is 12.1 Å². The van der Waals surface area contributed by atoms with Gasteiger partial charge in [-0.05, 0) is 60.8 Å². The molecule has 19 heavy (non-hydrogen) atoms. The summed E-state index contributed by atoms with van der Waals surface area (Å²) in [5.41, 5.74) is 0.975. The monoisotopic (exact) mass is 324 g/mol.